The predicted molar refractivity (Wildman–Crippen MR) is 71.6 cm³/mol. The Morgan fingerprint density at radius 1 is 1.47 bits per heavy atom. The van der Waals surface area contributed by atoms with Gasteiger partial charge in [0.05, 0.1) is 12.2 Å². The Labute approximate surface area is 113 Å². The van der Waals surface area contributed by atoms with Gasteiger partial charge in [-0.3, -0.25) is 4.79 Å². The number of likely N-dealkylation sites (N-methyl/N-ethyl adjacent to an activating group) is 1. The number of hydrogen-bond acceptors (Lipinski definition) is 2. The zero-order valence-electron chi connectivity index (χ0n) is 11.5. The maximum absolute atomic E-state index is 13.6. The second-order valence-corrected chi connectivity index (χ2v) is 5.23. The summed E-state index contributed by atoms with van der Waals surface area (Å²) < 4.78 is 19.1. The molecule has 1 aromatic rings. The van der Waals surface area contributed by atoms with E-state index in [1.165, 1.54) is 23.8 Å². The largest absolute Gasteiger partial charge is 0.379 e. The standard InChI is InChI=1S/C15H20FNO2/c1-11-3-6-14(16)13(9-11)15(18)17(2)7-8-19-10-12-4-5-12/h3,6,9,12H,4-5,7-8,10H2,1-2H3. The molecule has 2 rings (SSSR count). The molecule has 3 nitrogen and oxygen atoms in total. The van der Waals surface area contributed by atoms with Crippen LogP contribution in [0.2, 0.25) is 0 Å². The van der Waals surface area contributed by atoms with Gasteiger partial charge < -0.3 is 9.64 Å². The van der Waals surface area contributed by atoms with E-state index in [9.17, 15) is 9.18 Å². The summed E-state index contributed by atoms with van der Waals surface area (Å²) in [5, 5.41) is 0. The Morgan fingerprint density at radius 2 is 2.21 bits per heavy atom. The van der Waals surface area contributed by atoms with E-state index in [4.69, 9.17) is 4.74 Å². The molecule has 4 heteroatoms. The van der Waals surface area contributed by atoms with Gasteiger partial charge >= 0.3 is 0 Å². The van der Waals surface area contributed by atoms with E-state index >= 15 is 0 Å². The summed E-state index contributed by atoms with van der Waals surface area (Å²) in [6.45, 7) is 3.61. The first-order chi connectivity index (χ1) is 9.08. The molecule has 1 aromatic carbocycles. The molecule has 1 fully saturated rings. The van der Waals surface area contributed by atoms with E-state index in [1.807, 2.05) is 6.92 Å². The predicted octanol–water partition coefficient (Wildman–Crippen LogP) is 2.63. The molecule has 0 saturated heterocycles. The summed E-state index contributed by atoms with van der Waals surface area (Å²) in [4.78, 5) is 13.6. The lowest BCUT2D eigenvalue weighted by molar-refractivity contribution is 0.0677. The fourth-order valence-electron chi connectivity index (χ4n) is 1.85. The van der Waals surface area contributed by atoms with Crippen LogP contribution in [-0.2, 0) is 4.74 Å². The van der Waals surface area contributed by atoms with Gasteiger partial charge in [-0.1, -0.05) is 11.6 Å². The van der Waals surface area contributed by atoms with Crippen molar-refractivity contribution in [2.24, 2.45) is 5.92 Å². The number of benzene rings is 1. The minimum absolute atomic E-state index is 0.129. The average molecular weight is 265 g/mol. The first kappa shape index (κ1) is 14.0. The molecule has 1 aliphatic rings. The topological polar surface area (TPSA) is 29.5 Å². The minimum atomic E-state index is -0.471. The first-order valence-corrected chi connectivity index (χ1v) is 6.67. The van der Waals surface area contributed by atoms with Crippen molar-refractivity contribution in [1.82, 2.24) is 4.90 Å². The van der Waals surface area contributed by atoms with Crippen LogP contribution >= 0.6 is 0 Å². The number of hydrogen-bond donors (Lipinski definition) is 0. The molecule has 0 spiro atoms. The molecule has 0 aromatic heterocycles. The molecule has 0 N–H and O–H groups in total. The molecule has 19 heavy (non-hydrogen) atoms. The van der Waals surface area contributed by atoms with Crippen molar-refractivity contribution in [2.75, 3.05) is 26.8 Å². The maximum atomic E-state index is 13.6. The van der Waals surface area contributed by atoms with Crippen LogP contribution in [0, 0.1) is 18.7 Å². The minimum Gasteiger partial charge on any atom is -0.379 e. The fourth-order valence-corrected chi connectivity index (χ4v) is 1.85. The molecular weight excluding hydrogens is 245 g/mol. The highest BCUT2D eigenvalue weighted by molar-refractivity contribution is 5.94. The van der Waals surface area contributed by atoms with Crippen molar-refractivity contribution < 1.29 is 13.9 Å². The zero-order valence-corrected chi connectivity index (χ0v) is 11.5. The molecule has 0 heterocycles. The van der Waals surface area contributed by atoms with E-state index in [1.54, 1.807) is 19.2 Å². The first-order valence-electron chi connectivity index (χ1n) is 6.67. The molecule has 0 bridgehead atoms. The molecular formula is C15H20FNO2. The van der Waals surface area contributed by atoms with E-state index in [-0.39, 0.29) is 11.5 Å². The van der Waals surface area contributed by atoms with Gasteiger partial charge in [0.2, 0.25) is 0 Å². The van der Waals surface area contributed by atoms with Gasteiger partial charge in [-0.15, -0.1) is 0 Å². The second-order valence-electron chi connectivity index (χ2n) is 5.23. The molecule has 1 amide bonds. The van der Waals surface area contributed by atoms with Crippen molar-refractivity contribution in [2.45, 2.75) is 19.8 Å². The third-order valence-electron chi connectivity index (χ3n) is 3.32. The number of carbonyl (C=O) groups excluding carboxylic acids is 1. The number of aryl methyl sites for hydroxylation is 1. The van der Waals surface area contributed by atoms with Gasteiger partial charge in [0.25, 0.3) is 5.91 Å². The molecule has 0 radical (unpaired) electrons. The van der Waals surface area contributed by atoms with E-state index in [2.05, 4.69) is 0 Å². The molecule has 1 aliphatic carbocycles. The van der Waals surface area contributed by atoms with Crippen molar-refractivity contribution in [3.05, 3.63) is 35.1 Å². The quantitative estimate of drug-likeness (QED) is 0.740. The van der Waals surface area contributed by atoms with Gasteiger partial charge in [-0.2, -0.15) is 0 Å². The van der Waals surface area contributed by atoms with Crippen LogP contribution in [0.1, 0.15) is 28.8 Å². The van der Waals surface area contributed by atoms with Crippen LogP contribution in [0.25, 0.3) is 0 Å². The van der Waals surface area contributed by atoms with Crippen molar-refractivity contribution in [1.29, 1.82) is 0 Å². The number of rotatable bonds is 6. The van der Waals surface area contributed by atoms with E-state index < -0.39 is 5.82 Å². The van der Waals surface area contributed by atoms with Gasteiger partial charge in [0.1, 0.15) is 5.82 Å². The average Bonchev–Trinajstić information content (AvgIpc) is 3.20. The molecule has 1 saturated carbocycles. The highest BCUT2D eigenvalue weighted by Gasteiger charge is 2.21. The zero-order chi connectivity index (χ0) is 13.8. The lowest BCUT2D eigenvalue weighted by atomic mass is 10.1. The number of ether oxygens (including phenoxy) is 1. The number of nitrogens with zero attached hydrogens (tertiary/aromatic N) is 1. The third-order valence-corrected chi connectivity index (χ3v) is 3.32. The smallest absolute Gasteiger partial charge is 0.256 e. The van der Waals surface area contributed by atoms with Crippen LogP contribution in [0.5, 0.6) is 0 Å². The molecule has 0 atom stereocenters. The Balaban J connectivity index is 1.84. The van der Waals surface area contributed by atoms with Gasteiger partial charge in [-0.05, 0) is 37.8 Å². The maximum Gasteiger partial charge on any atom is 0.256 e. The summed E-state index contributed by atoms with van der Waals surface area (Å²) in [5.41, 5.74) is 1.01. The van der Waals surface area contributed by atoms with Crippen LogP contribution in [0.3, 0.4) is 0 Å². The Kier molecular flexibility index (Phi) is 4.53. The lowest BCUT2D eigenvalue weighted by Gasteiger charge is -2.17. The van der Waals surface area contributed by atoms with Crippen LogP contribution in [-0.4, -0.2) is 37.6 Å². The van der Waals surface area contributed by atoms with Crippen LogP contribution < -0.4 is 0 Å². The summed E-state index contributed by atoms with van der Waals surface area (Å²) in [5.74, 6) is -0.0483. The van der Waals surface area contributed by atoms with Crippen molar-refractivity contribution >= 4 is 5.91 Å². The molecule has 0 unspecified atom stereocenters. The highest BCUT2D eigenvalue weighted by Crippen LogP contribution is 2.28. The summed E-state index contributed by atoms with van der Waals surface area (Å²) in [6, 6.07) is 4.57. The highest BCUT2D eigenvalue weighted by atomic mass is 19.1. The summed E-state index contributed by atoms with van der Waals surface area (Å²) >= 11 is 0. The van der Waals surface area contributed by atoms with Crippen molar-refractivity contribution in [3.63, 3.8) is 0 Å². The van der Waals surface area contributed by atoms with Gasteiger partial charge in [0.15, 0.2) is 0 Å². The van der Waals surface area contributed by atoms with Crippen molar-refractivity contribution in [3.8, 4) is 0 Å². The summed E-state index contributed by atoms with van der Waals surface area (Å²) in [6.07, 6.45) is 2.51. The number of carbonyl (C=O) groups is 1. The molecule has 0 aliphatic heterocycles. The van der Waals surface area contributed by atoms with Gasteiger partial charge in [-0.25, -0.2) is 4.39 Å². The van der Waals surface area contributed by atoms with Gasteiger partial charge in [0, 0.05) is 20.2 Å². The van der Waals surface area contributed by atoms with E-state index in [0.29, 0.717) is 13.2 Å². The second kappa shape index (κ2) is 6.15. The normalized spacial score (nSPS) is 14.5. The Hall–Kier alpha value is -1.42. The Morgan fingerprint density at radius 3 is 2.89 bits per heavy atom. The molecule has 104 valence electrons. The lowest BCUT2D eigenvalue weighted by Crippen LogP contribution is -2.31. The number of halogens is 1. The SMILES string of the molecule is Cc1ccc(F)c(C(=O)N(C)CCOCC2CC2)c1. The third kappa shape index (κ3) is 4.03. The Bertz CT molecular complexity index is 457. The monoisotopic (exact) mass is 265 g/mol. The summed E-state index contributed by atoms with van der Waals surface area (Å²) in [7, 11) is 1.67. The van der Waals surface area contributed by atoms with Crippen LogP contribution in [0.15, 0.2) is 18.2 Å². The van der Waals surface area contributed by atoms with Crippen LogP contribution in [0.4, 0.5) is 4.39 Å². The van der Waals surface area contributed by atoms with E-state index in [0.717, 1.165) is 18.1 Å². The number of amides is 1. The fraction of sp³-hybridized carbons (Fsp3) is 0.533.